The molecule has 2 aromatic carbocycles. The summed E-state index contributed by atoms with van der Waals surface area (Å²) in [6.45, 7) is 2.10. The maximum Gasteiger partial charge on any atom is 0.192 e. The highest BCUT2D eigenvalue weighted by Gasteiger charge is 2.04. The van der Waals surface area contributed by atoms with Crippen molar-refractivity contribution in [3.63, 3.8) is 0 Å². The van der Waals surface area contributed by atoms with Crippen LogP contribution in [0.1, 0.15) is 16.7 Å². The van der Waals surface area contributed by atoms with Gasteiger partial charge >= 0.3 is 0 Å². The first-order valence-corrected chi connectivity index (χ1v) is 9.09. The largest absolute Gasteiger partial charge is 0.424 e. The van der Waals surface area contributed by atoms with Crippen LogP contribution in [0.3, 0.4) is 0 Å². The average Bonchev–Trinajstić information content (AvgIpc) is 2.53. The molecule has 0 aliphatic heterocycles. The summed E-state index contributed by atoms with van der Waals surface area (Å²) in [6.07, 6.45) is 2.08. The highest BCUT2D eigenvalue weighted by Crippen LogP contribution is 2.31. The monoisotopic (exact) mass is 524 g/mol. The van der Waals surface area contributed by atoms with E-state index in [1.54, 1.807) is 11.8 Å². The van der Waals surface area contributed by atoms with Crippen molar-refractivity contribution in [2.45, 2.75) is 12.7 Å². The summed E-state index contributed by atoms with van der Waals surface area (Å²) in [5.41, 5.74) is 3.72. The number of aryl methyl sites for hydroxylation is 1. The summed E-state index contributed by atoms with van der Waals surface area (Å²) < 4.78 is 10.5. The molecule has 2 nitrogen and oxygen atoms in total. The fourth-order valence-electron chi connectivity index (χ4n) is 1.71. The molecule has 0 spiro atoms. The zero-order valence-electron chi connectivity index (χ0n) is 11.4. The first-order valence-electron chi connectivity index (χ1n) is 6.28. The second kappa shape index (κ2) is 8.89. The maximum atomic E-state index is 5.26. The van der Waals surface area contributed by atoms with Gasteiger partial charge in [0.05, 0.1) is 0 Å². The van der Waals surface area contributed by atoms with Crippen molar-refractivity contribution in [3.05, 3.63) is 64.6 Å². The zero-order valence-corrected chi connectivity index (χ0v) is 16.5. The minimum absolute atomic E-state index is 0.731. The third-order valence-electron chi connectivity index (χ3n) is 2.86. The van der Waals surface area contributed by atoms with E-state index in [0.717, 1.165) is 22.8 Å². The van der Waals surface area contributed by atoms with Gasteiger partial charge in [-0.2, -0.15) is 0 Å². The van der Waals surface area contributed by atoms with Gasteiger partial charge in [-0.1, -0.05) is 35.9 Å². The second-order valence-electron chi connectivity index (χ2n) is 4.46. The molecule has 21 heavy (non-hydrogen) atoms. The Hall–Kier alpha value is -0.410. The molecule has 0 aromatic heterocycles. The normalized spacial score (nSPS) is 10.8. The molecule has 110 valence electrons. The van der Waals surface area contributed by atoms with Gasteiger partial charge in [0.1, 0.15) is 0 Å². The lowest BCUT2D eigenvalue weighted by Gasteiger charge is -2.04. The first kappa shape index (κ1) is 17.0. The van der Waals surface area contributed by atoms with Crippen LogP contribution in [0, 0.1) is 6.92 Å². The summed E-state index contributed by atoms with van der Waals surface area (Å²) in [7, 11) is 0. The predicted octanol–water partition coefficient (Wildman–Crippen LogP) is 6.36. The molecule has 5 heteroatoms. The smallest absolute Gasteiger partial charge is 0.192 e. The molecular weight excluding hydrogens is 510 g/mol. The van der Waals surface area contributed by atoms with Crippen molar-refractivity contribution in [1.29, 1.82) is 0 Å². The van der Waals surface area contributed by atoms with Crippen LogP contribution in [0.5, 0.6) is 11.5 Å². The van der Waals surface area contributed by atoms with E-state index in [-0.39, 0.29) is 0 Å². The van der Waals surface area contributed by atoms with Gasteiger partial charge in [-0.05, 0) is 41.7 Å². The SMILES string of the molecule is Cc1ccc(CS/C=C/c2ccc(OI)c(OI)c2)cc1. The van der Waals surface area contributed by atoms with Crippen molar-refractivity contribution in [1.82, 2.24) is 0 Å². The Kier molecular flexibility index (Phi) is 7.18. The zero-order chi connectivity index (χ0) is 15.1. The highest BCUT2D eigenvalue weighted by atomic mass is 127. The fourth-order valence-corrected chi connectivity index (χ4v) is 3.15. The van der Waals surface area contributed by atoms with Crippen LogP contribution in [0.25, 0.3) is 6.08 Å². The molecular formula is C16H14I2O2S. The number of thioether (sulfide) groups is 1. The van der Waals surface area contributed by atoms with Crippen LogP contribution in [-0.4, -0.2) is 0 Å². The number of hydrogen-bond donors (Lipinski definition) is 0. The van der Waals surface area contributed by atoms with Crippen LogP contribution < -0.4 is 6.13 Å². The quantitative estimate of drug-likeness (QED) is 0.411. The first-order chi connectivity index (χ1) is 10.2. The van der Waals surface area contributed by atoms with Crippen molar-refractivity contribution in [3.8, 4) is 11.5 Å². The topological polar surface area (TPSA) is 18.5 Å². The number of benzene rings is 2. The van der Waals surface area contributed by atoms with Gasteiger partial charge in [0, 0.05) is 5.75 Å². The Morgan fingerprint density at radius 1 is 1.00 bits per heavy atom. The van der Waals surface area contributed by atoms with E-state index < -0.39 is 0 Å². The van der Waals surface area contributed by atoms with Gasteiger partial charge in [0.25, 0.3) is 0 Å². The third kappa shape index (κ3) is 5.37. The molecule has 0 unspecified atom stereocenters. The summed E-state index contributed by atoms with van der Waals surface area (Å²) >= 11 is 5.49. The summed E-state index contributed by atoms with van der Waals surface area (Å²) in [5, 5.41) is 2.11. The minimum Gasteiger partial charge on any atom is -0.424 e. The van der Waals surface area contributed by atoms with E-state index in [0.29, 0.717) is 0 Å². The van der Waals surface area contributed by atoms with E-state index in [2.05, 4.69) is 42.7 Å². The van der Waals surface area contributed by atoms with E-state index >= 15 is 0 Å². The molecule has 0 heterocycles. The van der Waals surface area contributed by atoms with E-state index in [9.17, 15) is 0 Å². The van der Waals surface area contributed by atoms with Gasteiger partial charge < -0.3 is 6.13 Å². The van der Waals surface area contributed by atoms with Gasteiger partial charge in [-0.25, -0.2) is 0 Å². The van der Waals surface area contributed by atoms with E-state index in [4.69, 9.17) is 6.13 Å². The predicted molar refractivity (Wildman–Crippen MR) is 107 cm³/mol. The van der Waals surface area contributed by atoms with Crippen molar-refractivity contribution < 1.29 is 6.13 Å². The Bertz CT molecular complexity index is 612. The molecule has 2 aromatic rings. The maximum absolute atomic E-state index is 5.26. The molecule has 0 aliphatic rings. The third-order valence-corrected chi connectivity index (χ3v) is 4.64. The van der Waals surface area contributed by atoms with Crippen LogP contribution in [-0.2, 0) is 5.75 Å². The number of hydrogen-bond acceptors (Lipinski definition) is 3. The van der Waals surface area contributed by atoms with Crippen molar-refractivity contribution >= 4 is 63.8 Å². The molecule has 0 radical (unpaired) electrons. The second-order valence-corrected chi connectivity index (χ2v) is 6.23. The summed E-state index contributed by atoms with van der Waals surface area (Å²) in [6, 6.07) is 14.5. The lowest BCUT2D eigenvalue weighted by molar-refractivity contribution is 0.635. The molecule has 0 saturated heterocycles. The Morgan fingerprint density at radius 3 is 2.38 bits per heavy atom. The molecule has 0 bridgehead atoms. The molecule has 2 rings (SSSR count). The summed E-state index contributed by atoms with van der Waals surface area (Å²) in [4.78, 5) is 0. The van der Waals surface area contributed by atoms with Gasteiger partial charge in [0.2, 0.25) is 0 Å². The fraction of sp³-hybridized carbons (Fsp3) is 0.125. The molecule has 0 aliphatic carbocycles. The standard InChI is InChI=1S/C16H14I2O2S/c1-12-2-4-14(5-3-12)11-21-9-8-13-6-7-15(19-17)16(10-13)20-18/h2-10H,11H2,1H3/b9-8+. The van der Waals surface area contributed by atoms with Crippen LogP contribution >= 0.6 is 57.8 Å². The minimum atomic E-state index is 0.731. The van der Waals surface area contributed by atoms with Crippen LogP contribution in [0.4, 0.5) is 0 Å². The summed E-state index contributed by atoms with van der Waals surface area (Å²) in [5.74, 6) is 2.44. The number of halogens is 2. The van der Waals surface area contributed by atoms with Crippen LogP contribution in [0.2, 0.25) is 0 Å². The van der Waals surface area contributed by atoms with Gasteiger partial charge in [-0.15, -0.1) is 11.8 Å². The highest BCUT2D eigenvalue weighted by molar-refractivity contribution is 14.1. The van der Waals surface area contributed by atoms with Crippen molar-refractivity contribution in [2.24, 2.45) is 0 Å². The van der Waals surface area contributed by atoms with E-state index in [1.165, 1.54) is 11.1 Å². The Morgan fingerprint density at radius 2 is 1.71 bits per heavy atom. The number of rotatable bonds is 6. The molecule has 0 fully saturated rings. The molecule has 0 N–H and O–H groups in total. The van der Waals surface area contributed by atoms with Gasteiger partial charge in [0.15, 0.2) is 57.5 Å². The van der Waals surface area contributed by atoms with Crippen LogP contribution in [0.15, 0.2) is 47.9 Å². The molecule has 0 saturated carbocycles. The molecule has 0 atom stereocenters. The Labute approximate surface area is 157 Å². The van der Waals surface area contributed by atoms with Gasteiger partial charge in [-0.3, -0.25) is 0 Å². The molecule has 0 amide bonds. The average molecular weight is 524 g/mol. The Balaban J connectivity index is 1.93. The van der Waals surface area contributed by atoms with E-state index in [1.807, 2.05) is 64.2 Å². The lowest BCUT2D eigenvalue weighted by atomic mass is 10.2. The lowest BCUT2D eigenvalue weighted by Crippen LogP contribution is -1.82. The van der Waals surface area contributed by atoms with Crippen molar-refractivity contribution in [2.75, 3.05) is 0 Å².